The van der Waals surface area contributed by atoms with Crippen LogP contribution in [0.3, 0.4) is 0 Å². The highest BCUT2D eigenvalue weighted by Crippen LogP contribution is 2.21. The number of piperazine rings is 1. The third kappa shape index (κ3) is 2.79. The molecule has 103 valence electrons. The van der Waals surface area contributed by atoms with Gasteiger partial charge in [-0.05, 0) is 25.5 Å². The summed E-state index contributed by atoms with van der Waals surface area (Å²) in [5.74, 6) is -0.277. The third-order valence-corrected chi connectivity index (χ3v) is 5.11. The van der Waals surface area contributed by atoms with Crippen LogP contribution in [0.5, 0.6) is 0 Å². The van der Waals surface area contributed by atoms with Crippen molar-refractivity contribution >= 4 is 15.9 Å². The third-order valence-electron chi connectivity index (χ3n) is 3.20. The number of carbonyl (C=O) groups is 1. The number of nitrogens with zero attached hydrogens (tertiary/aromatic N) is 1. The van der Waals surface area contributed by atoms with E-state index in [1.807, 2.05) is 6.92 Å². The summed E-state index contributed by atoms with van der Waals surface area (Å²) in [4.78, 5) is 11.6. The SMILES string of the molecule is [CH2]CC1CNC(=O)CN1S(=O)(=O)c1ccc(C)cc1. The fraction of sp³-hybridized carbons (Fsp3) is 0.385. The van der Waals surface area contributed by atoms with Crippen molar-refractivity contribution in [2.24, 2.45) is 0 Å². The Balaban J connectivity index is 2.36. The van der Waals surface area contributed by atoms with Gasteiger partial charge in [0, 0.05) is 12.6 Å². The largest absolute Gasteiger partial charge is 0.353 e. The number of aryl methyl sites for hydroxylation is 1. The van der Waals surface area contributed by atoms with E-state index in [9.17, 15) is 13.2 Å². The molecule has 1 N–H and O–H groups in total. The summed E-state index contributed by atoms with van der Waals surface area (Å²) < 4.78 is 26.3. The van der Waals surface area contributed by atoms with Gasteiger partial charge in [-0.25, -0.2) is 8.42 Å². The fourth-order valence-electron chi connectivity index (χ4n) is 2.03. The molecule has 0 aliphatic carbocycles. The van der Waals surface area contributed by atoms with Crippen LogP contribution in [-0.2, 0) is 14.8 Å². The zero-order valence-corrected chi connectivity index (χ0v) is 11.6. The summed E-state index contributed by atoms with van der Waals surface area (Å²) in [5, 5.41) is 2.66. The average molecular weight is 281 g/mol. The highest BCUT2D eigenvalue weighted by molar-refractivity contribution is 7.89. The number of rotatable bonds is 3. The van der Waals surface area contributed by atoms with E-state index in [0.29, 0.717) is 13.0 Å². The molecule has 1 fully saturated rings. The minimum atomic E-state index is -3.64. The van der Waals surface area contributed by atoms with Crippen LogP contribution >= 0.6 is 0 Å². The quantitative estimate of drug-likeness (QED) is 0.887. The van der Waals surface area contributed by atoms with Crippen molar-refractivity contribution in [2.75, 3.05) is 13.1 Å². The second-order valence-corrected chi connectivity index (χ2v) is 6.50. The highest BCUT2D eigenvalue weighted by Gasteiger charge is 2.35. The highest BCUT2D eigenvalue weighted by atomic mass is 32.2. The van der Waals surface area contributed by atoms with Gasteiger partial charge < -0.3 is 5.32 Å². The first kappa shape index (κ1) is 14.0. The Bertz CT molecular complexity index is 566. The Morgan fingerprint density at radius 2 is 2.00 bits per heavy atom. The number of hydrogen-bond acceptors (Lipinski definition) is 3. The molecule has 0 saturated carbocycles. The second kappa shape index (κ2) is 5.30. The molecule has 1 heterocycles. The van der Waals surface area contributed by atoms with Gasteiger partial charge in [0.25, 0.3) is 0 Å². The molecular weight excluding hydrogens is 264 g/mol. The van der Waals surface area contributed by atoms with Gasteiger partial charge >= 0.3 is 0 Å². The molecule has 1 aromatic carbocycles. The smallest absolute Gasteiger partial charge is 0.243 e. The zero-order valence-electron chi connectivity index (χ0n) is 10.8. The predicted octanol–water partition coefficient (Wildman–Crippen LogP) is 0.708. The number of sulfonamides is 1. The number of benzene rings is 1. The van der Waals surface area contributed by atoms with E-state index in [1.54, 1.807) is 24.3 Å². The molecule has 1 saturated heterocycles. The van der Waals surface area contributed by atoms with Crippen LogP contribution in [-0.4, -0.2) is 37.8 Å². The molecule has 6 heteroatoms. The van der Waals surface area contributed by atoms with E-state index in [4.69, 9.17) is 0 Å². The maximum absolute atomic E-state index is 12.5. The summed E-state index contributed by atoms with van der Waals surface area (Å²) in [6.45, 7) is 5.81. The fourth-order valence-corrected chi connectivity index (χ4v) is 3.64. The summed E-state index contributed by atoms with van der Waals surface area (Å²) >= 11 is 0. The van der Waals surface area contributed by atoms with Crippen LogP contribution in [0.25, 0.3) is 0 Å². The van der Waals surface area contributed by atoms with E-state index < -0.39 is 10.0 Å². The minimum Gasteiger partial charge on any atom is -0.353 e. The Morgan fingerprint density at radius 1 is 1.37 bits per heavy atom. The van der Waals surface area contributed by atoms with Crippen molar-refractivity contribution in [3.63, 3.8) is 0 Å². The maximum atomic E-state index is 12.5. The van der Waals surface area contributed by atoms with Gasteiger partial charge in [0.2, 0.25) is 15.9 Å². The number of nitrogens with one attached hydrogen (secondary N) is 1. The van der Waals surface area contributed by atoms with Crippen molar-refractivity contribution in [1.29, 1.82) is 0 Å². The van der Waals surface area contributed by atoms with Gasteiger partial charge in [0.05, 0.1) is 11.4 Å². The number of carbonyl (C=O) groups excluding carboxylic acids is 1. The number of hydrogen-bond donors (Lipinski definition) is 1. The molecular formula is C13H17N2O3S. The lowest BCUT2D eigenvalue weighted by molar-refractivity contribution is -0.123. The Hall–Kier alpha value is -1.40. The van der Waals surface area contributed by atoms with E-state index in [2.05, 4.69) is 12.2 Å². The summed E-state index contributed by atoms with van der Waals surface area (Å²) in [6.07, 6.45) is 0.422. The molecule has 19 heavy (non-hydrogen) atoms. The lowest BCUT2D eigenvalue weighted by atomic mass is 10.2. The van der Waals surface area contributed by atoms with Crippen LogP contribution in [0.4, 0.5) is 0 Å². The predicted molar refractivity (Wildman–Crippen MR) is 71.8 cm³/mol. The lowest BCUT2D eigenvalue weighted by Gasteiger charge is -2.33. The first-order valence-corrected chi connectivity index (χ1v) is 7.53. The lowest BCUT2D eigenvalue weighted by Crippen LogP contribution is -2.55. The van der Waals surface area contributed by atoms with Crippen LogP contribution in [0.1, 0.15) is 12.0 Å². The van der Waals surface area contributed by atoms with Crippen molar-refractivity contribution in [3.8, 4) is 0 Å². The molecule has 1 unspecified atom stereocenters. The molecule has 5 nitrogen and oxygen atoms in total. The van der Waals surface area contributed by atoms with Gasteiger partial charge in [-0.2, -0.15) is 4.31 Å². The van der Waals surface area contributed by atoms with Crippen molar-refractivity contribution in [2.45, 2.75) is 24.3 Å². The molecule has 1 amide bonds. The van der Waals surface area contributed by atoms with Gasteiger partial charge in [0.15, 0.2) is 0 Å². The molecule has 0 spiro atoms. The van der Waals surface area contributed by atoms with Crippen molar-refractivity contribution in [1.82, 2.24) is 9.62 Å². The Labute approximate surface area is 113 Å². The van der Waals surface area contributed by atoms with E-state index in [1.165, 1.54) is 4.31 Å². The molecule has 1 radical (unpaired) electrons. The average Bonchev–Trinajstić information content (AvgIpc) is 2.39. The van der Waals surface area contributed by atoms with Crippen LogP contribution in [0.15, 0.2) is 29.2 Å². The zero-order chi connectivity index (χ0) is 14.0. The molecule has 0 bridgehead atoms. The molecule has 1 aliphatic heterocycles. The molecule has 1 aromatic rings. The summed E-state index contributed by atoms with van der Waals surface area (Å²) in [6, 6.07) is 6.34. The Kier molecular flexibility index (Phi) is 3.91. The van der Waals surface area contributed by atoms with Gasteiger partial charge in [-0.1, -0.05) is 24.6 Å². The molecule has 2 rings (SSSR count). The summed E-state index contributed by atoms with van der Waals surface area (Å²) in [7, 11) is -3.64. The van der Waals surface area contributed by atoms with Gasteiger partial charge in [-0.15, -0.1) is 0 Å². The van der Waals surface area contributed by atoms with E-state index in [-0.39, 0.29) is 23.4 Å². The summed E-state index contributed by atoms with van der Waals surface area (Å²) in [5.41, 5.74) is 0.990. The second-order valence-electron chi connectivity index (χ2n) is 4.61. The van der Waals surface area contributed by atoms with Gasteiger partial charge in [-0.3, -0.25) is 4.79 Å². The van der Waals surface area contributed by atoms with Crippen molar-refractivity contribution < 1.29 is 13.2 Å². The first-order chi connectivity index (χ1) is 8.95. The molecule has 1 aliphatic rings. The first-order valence-electron chi connectivity index (χ1n) is 6.09. The van der Waals surface area contributed by atoms with Gasteiger partial charge in [0.1, 0.15) is 0 Å². The standard InChI is InChI=1S/C13H17N2O3S/c1-3-11-8-14-13(16)9-15(11)19(17,18)12-6-4-10(2)5-7-12/h4-7,11H,1,3,8-9H2,2H3,(H,14,16). The van der Waals surface area contributed by atoms with E-state index in [0.717, 1.165) is 5.56 Å². The maximum Gasteiger partial charge on any atom is 0.243 e. The van der Waals surface area contributed by atoms with Crippen LogP contribution < -0.4 is 5.32 Å². The Morgan fingerprint density at radius 3 is 2.58 bits per heavy atom. The van der Waals surface area contributed by atoms with E-state index >= 15 is 0 Å². The van der Waals surface area contributed by atoms with Crippen LogP contribution in [0, 0.1) is 13.8 Å². The minimum absolute atomic E-state index is 0.142. The number of amides is 1. The topological polar surface area (TPSA) is 66.5 Å². The van der Waals surface area contributed by atoms with Crippen LogP contribution in [0.2, 0.25) is 0 Å². The molecule has 1 atom stereocenters. The van der Waals surface area contributed by atoms with Crippen molar-refractivity contribution in [3.05, 3.63) is 36.8 Å². The normalized spacial score (nSPS) is 21.2. The monoisotopic (exact) mass is 281 g/mol. The molecule has 0 aromatic heterocycles.